The first-order valence-electron chi connectivity index (χ1n) is 44.7. The number of nitrogens with zero attached hydrogens (tertiary/aromatic N) is 2. The lowest BCUT2D eigenvalue weighted by atomic mass is 9.78. The predicted octanol–water partition coefficient (Wildman–Crippen LogP) is 23.3. The van der Waals surface area contributed by atoms with E-state index >= 15 is 0 Å². The molecule has 724 valence electrons. The summed E-state index contributed by atoms with van der Waals surface area (Å²) in [5.41, 5.74) is 16.9. The second-order valence-electron chi connectivity index (χ2n) is 33.8. The van der Waals surface area contributed by atoms with Crippen molar-refractivity contribution in [2.75, 3.05) is 21.3 Å². The molecule has 0 aromatic heterocycles. The van der Waals surface area contributed by atoms with Crippen LogP contribution in [0.1, 0.15) is 49.9 Å². The number of imide groups is 2. The number of nitrogens with two attached hydrogens (primary N) is 2. The number of anilines is 4. The zero-order valence-corrected chi connectivity index (χ0v) is 80.8. The van der Waals surface area contributed by atoms with Crippen LogP contribution in [0, 0.1) is 0 Å². The zero-order chi connectivity index (χ0) is 102. The monoisotopic (exact) mass is 2010 g/mol. The number of sulfone groups is 4. The van der Waals surface area contributed by atoms with Crippen LogP contribution in [0.3, 0.4) is 0 Å². The number of ether oxygens (including phenoxy) is 9. The molecular weight excluding hydrogens is 1920 g/mol. The number of rotatable bonds is 30. The number of hydrogen-bond acceptors (Lipinski definition) is 25. The lowest BCUT2D eigenvalue weighted by Crippen LogP contribution is -2.29. The first-order valence-corrected chi connectivity index (χ1v) is 50.6. The number of amides is 4. The summed E-state index contributed by atoms with van der Waals surface area (Å²) in [5, 5.41) is 0. The van der Waals surface area contributed by atoms with Crippen molar-refractivity contribution in [2.45, 2.75) is 77.7 Å². The molecule has 16 aromatic rings. The third-order valence-electron chi connectivity index (χ3n) is 23.4. The molecule has 0 fully saturated rings. The molecule has 3 aliphatic rings. The average molecular weight is 2010 g/mol. The molecule has 0 atom stereocenters. The highest BCUT2D eigenvalue weighted by molar-refractivity contribution is 7.92. The predicted molar refractivity (Wildman–Crippen MR) is 542 cm³/mol. The molecule has 0 unspecified atom stereocenters. The zero-order valence-electron chi connectivity index (χ0n) is 77.5. The van der Waals surface area contributed by atoms with E-state index in [4.69, 9.17) is 49.4 Å². The molecule has 3 aliphatic heterocycles. The molecule has 4 N–H and O–H groups in total. The minimum atomic E-state index is -3.87. The second-order valence-corrected chi connectivity index (χ2v) is 41.6. The Balaban J connectivity index is 0.000000188. The van der Waals surface area contributed by atoms with Gasteiger partial charge in [-0.15, -0.1) is 0 Å². The van der Waals surface area contributed by atoms with Crippen molar-refractivity contribution in [1.82, 2.24) is 0 Å². The molecule has 4 amide bonds. The van der Waals surface area contributed by atoms with Crippen LogP contribution in [0.25, 0.3) is 0 Å². The largest absolute Gasteiger partial charge is 0.457 e. The maximum atomic E-state index is 13.5. The minimum Gasteiger partial charge on any atom is -0.457 e. The smallest absolute Gasteiger partial charge is 0.338 e. The number of nitrogen functional groups attached to an aromatic ring is 2. The number of cyclic esters (lactones) is 2. The van der Waals surface area contributed by atoms with Crippen LogP contribution in [-0.4, -0.2) is 69.2 Å². The summed E-state index contributed by atoms with van der Waals surface area (Å²) in [5.74, 6) is 5.20. The Morgan fingerprint density at radius 2 is 0.324 bits per heavy atom. The molecule has 19 rings (SSSR count). The van der Waals surface area contributed by atoms with Crippen molar-refractivity contribution in [2.24, 2.45) is 0 Å². The highest BCUT2D eigenvalue weighted by atomic mass is 32.2. The van der Waals surface area contributed by atoms with Gasteiger partial charge in [0.15, 0.2) is 0 Å². The van der Waals surface area contributed by atoms with Gasteiger partial charge in [0.1, 0.15) is 92.0 Å². The number of hydrogen-bond donors (Lipinski definition) is 2. The van der Waals surface area contributed by atoms with E-state index in [2.05, 4.69) is 32.4 Å². The van der Waals surface area contributed by atoms with E-state index in [1.807, 2.05) is 97.1 Å². The van der Waals surface area contributed by atoms with Crippen LogP contribution in [0.15, 0.2) is 464 Å². The van der Waals surface area contributed by atoms with Crippen molar-refractivity contribution < 1.29 is 105 Å². The number of carbonyl (C=O) groups excluding carboxylic acids is 6. The SMILES string of the molecule is CC(C)(c1ccc(Oc2ccc(S(=O)(=O)c3ccc(Oc4ccc(N)cc4)cc3)cc2)cc1)c1ccc(Oc2ccc(S(=O)(=O)c3ccc(Oc4ccc(N)cc4)cc3)cc2)cc1.CC(C)(c1ccc(Oc2ccc(S(=O)(=O)c3ccc(Oc4ccc(N5C(=O)C=CC5=O)cc4)cc3)cc2)cc1)c1ccc(Oc2ccc(S(=O)(=O)c3ccc(Oc4ccc(N5C(=O)C=CC5=O)cc4)cc3)cc2)cc1.O=C1C=CC(=O)O1. The third kappa shape index (κ3) is 23.2. The van der Waals surface area contributed by atoms with Gasteiger partial charge < -0.3 is 54.1 Å². The van der Waals surface area contributed by atoms with Gasteiger partial charge in [-0.1, -0.05) is 76.2 Å². The second kappa shape index (κ2) is 41.8. The maximum absolute atomic E-state index is 13.5. The van der Waals surface area contributed by atoms with Gasteiger partial charge in [-0.05, 0) is 362 Å². The molecule has 0 radical (unpaired) electrons. The summed E-state index contributed by atoms with van der Waals surface area (Å²) in [6, 6.07) is 107. The van der Waals surface area contributed by atoms with Gasteiger partial charge >= 0.3 is 11.9 Å². The topological polar surface area (TPSA) is 381 Å². The first kappa shape index (κ1) is 98.6. The van der Waals surface area contributed by atoms with E-state index in [-0.39, 0.29) is 44.6 Å². The summed E-state index contributed by atoms with van der Waals surface area (Å²) < 4.78 is 159. The van der Waals surface area contributed by atoms with Crippen molar-refractivity contribution in [3.63, 3.8) is 0 Å². The quantitative estimate of drug-likeness (QED) is 0.0183. The summed E-state index contributed by atoms with van der Waals surface area (Å²) in [4.78, 5) is 70.7. The van der Waals surface area contributed by atoms with Crippen LogP contribution in [0.2, 0.25) is 0 Å². The summed E-state index contributed by atoms with van der Waals surface area (Å²) in [6.45, 7) is 8.44. The first-order chi connectivity index (χ1) is 69.5. The summed E-state index contributed by atoms with van der Waals surface area (Å²) in [6.07, 6.45) is 7.00. The molecule has 16 aromatic carbocycles. The fourth-order valence-corrected chi connectivity index (χ4v) is 20.3. The highest BCUT2D eigenvalue weighted by Gasteiger charge is 2.31. The number of esters is 2. The fourth-order valence-electron chi connectivity index (χ4n) is 15.2. The van der Waals surface area contributed by atoms with Crippen molar-refractivity contribution in [3.8, 4) is 92.0 Å². The van der Waals surface area contributed by atoms with Crippen molar-refractivity contribution in [1.29, 1.82) is 0 Å². The van der Waals surface area contributed by atoms with E-state index in [1.165, 1.54) is 121 Å². The highest BCUT2D eigenvalue weighted by Crippen LogP contribution is 2.42. The van der Waals surface area contributed by atoms with Gasteiger partial charge in [0.25, 0.3) is 23.6 Å². The van der Waals surface area contributed by atoms with Gasteiger partial charge in [-0.25, -0.2) is 53.1 Å². The maximum Gasteiger partial charge on any atom is 0.338 e. The molecule has 31 heteroatoms. The van der Waals surface area contributed by atoms with Gasteiger partial charge in [-0.3, -0.25) is 19.2 Å². The molecule has 0 saturated carbocycles. The summed E-state index contributed by atoms with van der Waals surface area (Å²) >= 11 is 0. The van der Waals surface area contributed by atoms with Crippen molar-refractivity contribution in [3.05, 3.63) is 447 Å². The Kier molecular flexibility index (Phi) is 28.4. The number of benzene rings is 16. The Morgan fingerprint density at radius 3 is 0.462 bits per heavy atom. The molecule has 27 nitrogen and oxygen atoms in total. The minimum absolute atomic E-state index is 0.0759. The van der Waals surface area contributed by atoms with Crippen LogP contribution in [0.4, 0.5) is 22.7 Å². The van der Waals surface area contributed by atoms with E-state index in [9.17, 15) is 62.4 Å². The lowest BCUT2D eigenvalue weighted by molar-refractivity contribution is -0.150. The lowest BCUT2D eigenvalue weighted by Gasteiger charge is -2.26. The van der Waals surface area contributed by atoms with E-state index in [0.29, 0.717) is 115 Å². The average Bonchev–Trinajstić information content (AvgIpc) is 1.26. The van der Waals surface area contributed by atoms with Crippen molar-refractivity contribution >= 4 is 97.7 Å². The van der Waals surface area contributed by atoms with Gasteiger partial charge in [0.05, 0.1) is 50.5 Å². The molecule has 145 heavy (non-hydrogen) atoms. The Morgan fingerprint density at radius 1 is 0.193 bits per heavy atom. The molecular formula is C114H86N4O23S4. The van der Waals surface area contributed by atoms with Gasteiger partial charge in [0, 0.05) is 58.7 Å². The van der Waals surface area contributed by atoms with Crippen LogP contribution >= 0.6 is 0 Å². The fraction of sp³-hybridized carbons (Fsp3) is 0.0526. The molecule has 0 bridgehead atoms. The molecule has 0 aliphatic carbocycles. The van der Waals surface area contributed by atoms with Crippen LogP contribution < -0.4 is 59.2 Å². The van der Waals surface area contributed by atoms with E-state index < -0.39 is 80.3 Å². The normalized spacial score (nSPS) is 13.0. The third-order valence-corrected chi connectivity index (χ3v) is 30.5. The van der Waals surface area contributed by atoms with Gasteiger partial charge in [-0.2, -0.15) is 0 Å². The Hall–Kier alpha value is -18.0. The Bertz CT molecular complexity index is 7620. The molecule has 0 spiro atoms. The van der Waals surface area contributed by atoms with Crippen LogP contribution in [0.5, 0.6) is 92.0 Å². The standard InChI is InChI=1S/C59H42N2O12S2.C51H42N2O8S2.C4H2O3/c1-59(2,39-3-11-43(12-4-39)70-47-19-27-51(28-20-47)74(66,67)53-31-23-49(24-32-53)72-45-15-7-41(8-16-45)60-55(62)35-36-56(60)63)40-5-13-44(14-6-40)71-48-21-29-52(30-22-48)75(68,69)54-33-25-50(26-34-54)73-46-17-9-42(10-18-46)61-57(64)37-38-58(61)65;1-51(2,35-3-11-39(12-4-35)58-43-19-27-47(28-20-43)62(54,55)49-31-23-45(24-32-49)60-41-15-7-37(52)8-16-41)36-5-13-40(14-6-36)59-44-21-29-48(30-22-44)63(56,57)50-33-25-46(26-34-50)61-42-17-9-38(53)10-18-42;5-3-1-2-4(6)7-3/h3-38H,1-2H3;3-34H,52-53H2,1-2H3;1-2H. The van der Waals surface area contributed by atoms with Crippen LogP contribution in [-0.2, 0) is 83.7 Å². The molecule has 0 saturated heterocycles. The van der Waals surface area contributed by atoms with E-state index in [1.54, 1.807) is 194 Å². The summed E-state index contributed by atoms with van der Waals surface area (Å²) in [7, 11) is -15.3. The van der Waals surface area contributed by atoms with Gasteiger partial charge in [0.2, 0.25) is 39.3 Å². The molecule has 3 heterocycles. The Labute approximate surface area is 834 Å². The number of carbonyl (C=O) groups is 6. The van der Waals surface area contributed by atoms with E-state index in [0.717, 1.165) is 44.2 Å².